The quantitative estimate of drug-likeness (QED) is 0.815. The lowest BCUT2D eigenvalue weighted by Crippen LogP contribution is -2.22. The molecule has 0 aliphatic heterocycles. The van der Waals surface area contributed by atoms with Gasteiger partial charge in [-0.15, -0.1) is 0 Å². The third-order valence-electron chi connectivity index (χ3n) is 2.70. The highest BCUT2D eigenvalue weighted by atomic mass is 79.9. The second-order valence-electron chi connectivity index (χ2n) is 4.70. The van der Waals surface area contributed by atoms with Crippen molar-refractivity contribution in [2.75, 3.05) is 0 Å². The Hall–Kier alpha value is -0.770. The summed E-state index contributed by atoms with van der Waals surface area (Å²) in [4.78, 5) is 2.57. The van der Waals surface area contributed by atoms with Crippen molar-refractivity contribution < 1.29 is 0 Å². The molecule has 2 aromatic rings. The van der Waals surface area contributed by atoms with Gasteiger partial charge < -0.3 is 5.32 Å². The zero-order chi connectivity index (χ0) is 13.7. The van der Waals surface area contributed by atoms with Crippen molar-refractivity contribution >= 4 is 27.7 Å². The lowest BCUT2D eigenvalue weighted by atomic mass is 10.2. The van der Waals surface area contributed by atoms with Crippen LogP contribution in [0.1, 0.15) is 19.4 Å². The van der Waals surface area contributed by atoms with Crippen LogP contribution in [0.2, 0.25) is 0 Å². The fourth-order valence-electron chi connectivity index (χ4n) is 1.70. The average molecular weight is 336 g/mol. The van der Waals surface area contributed by atoms with E-state index in [-0.39, 0.29) is 0 Å². The minimum absolute atomic E-state index is 0.498. The predicted molar refractivity (Wildman–Crippen MR) is 86.7 cm³/mol. The van der Waals surface area contributed by atoms with Crippen molar-refractivity contribution in [3.8, 4) is 0 Å². The van der Waals surface area contributed by atoms with Crippen LogP contribution >= 0.6 is 27.7 Å². The Balaban J connectivity index is 2.19. The molecule has 0 radical (unpaired) electrons. The summed E-state index contributed by atoms with van der Waals surface area (Å²) in [5, 5.41) is 3.48. The molecule has 19 heavy (non-hydrogen) atoms. The molecule has 0 saturated heterocycles. The maximum Gasteiger partial charge on any atom is 0.0219 e. The number of nitrogens with one attached hydrogen (secondary N) is 1. The Kier molecular flexibility index (Phi) is 5.49. The fraction of sp³-hybridized carbons (Fsp3) is 0.250. The minimum atomic E-state index is 0.498. The van der Waals surface area contributed by atoms with Crippen molar-refractivity contribution in [3.63, 3.8) is 0 Å². The average Bonchev–Trinajstić information content (AvgIpc) is 2.39. The first-order chi connectivity index (χ1) is 9.15. The summed E-state index contributed by atoms with van der Waals surface area (Å²) in [6.45, 7) is 5.24. The molecule has 0 saturated carbocycles. The van der Waals surface area contributed by atoms with Crippen LogP contribution in [-0.4, -0.2) is 6.04 Å². The molecule has 0 bridgehead atoms. The molecular weight excluding hydrogens is 318 g/mol. The number of hydrogen-bond donors (Lipinski definition) is 1. The molecule has 2 rings (SSSR count). The second-order valence-corrected chi connectivity index (χ2v) is 6.73. The van der Waals surface area contributed by atoms with Gasteiger partial charge in [0.25, 0.3) is 0 Å². The first kappa shape index (κ1) is 14.6. The molecule has 0 heterocycles. The van der Waals surface area contributed by atoms with Crippen molar-refractivity contribution in [1.82, 2.24) is 5.32 Å². The largest absolute Gasteiger partial charge is 0.310 e. The smallest absolute Gasteiger partial charge is 0.0219 e. The molecule has 100 valence electrons. The van der Waals surface area contributed by atoms with E-state index in [1.54, 1.807) is 0 Å². The van der Waals surface area contributed by atoms with E-state index >= 15 is 0 Å². The molecule has 0 fully saturated rings. The Morgan fingerprint density at radius 2 is 1.84 bits per heavy atom. The van der Waals surface area contributed by atoms with Crippen molar-refractivity contribution in [3.05, 3.63) is 58.6 Å². The predicted octanol–water partition coefficient (Wildman–Crippen LogP) is 5.10. The van der Waals surface area contributed by atoms with E-state index in [9.17, 15) is 0 Å². The molecule has 1 N–H and O–H groups in total. The van der Waals surface area contributed by atoms with Crippen LogP contribution in [0.25, 0.3) is 0 Å². The lowest BCUT2D eigenvalue weighted by molar-refractivity contribution is 0.584. The minimum Gasteiger partial charge on any atom is -0.310 e. The Morgan fingerprint density at radius 3 is 2.53 bits per heavy atom. The van der Waals surface area contributed by atoms with Gasteiger partial charge in [-0.3, -0.25) is 0 Å². The maximum atomic E-state index is 3.56. The summed E-state index contributed by atoms with van der Waals surface area (Å²) in [7, 11) is 0. The second kappa shape index (κ2) is 7.13. The van der Waals surface area contributed by atoms with Crippen LogP contribution in [0.5, 0.6) is 0 Å². The van der Waals surface area contributed by atoms with Gasteiger partial charge in [0.2, 0.25) is 0 Å². The van der Waals surface area contributed by atoms with Gasteiger partial charge in [-0.2, -0.15) is 0 Å². The highest BCUT2D eigenvalue weighted by Gasteiger charge is 2.06. The first-order valence-corrected chi connectivity index (χ1v) is 8.01. The summed E-state index contributed by atoms with van der Waals surface area (Å²) in [5.74, 6) is 0. The van der Waals surface area contributed by atoms with Gasteiger partial charge in [-0.25, -0.2) is 0 Å². The van der Waals surface area contributed by atoms with Crippen molar-refractivity contribution in [2.45, 2.75) is 36.2 Å². The number of rotatable bonds is 5. The SMILES string of the molecule is CC(C)NCc1ccc(Br)cc1Sc1ccccc1. The van der Waals surface area contributed by atoms with Crippen LogP contribution < -0.4 is 5.32 Å². The normalized spacial score (nSPS) is 10.9. The monoisotopic (exact) mass is 335 g/mol. The van der Waals surface area contributed by atoms with Gasteiger partial charge in [0.1, 0.15) is 0 Å². The first-order valence-electron chi connectivity index (χ1n) is 6.40. The van der Waals surface area contributed by atoms with Gasteiger partial charge in [0.15, 0.2) is 0 Å². The number of hydrogen-bond acceptors (Lipinski definition) is 2. The molecule has 2 aromatic carbocycles. The standard InChI is InChI=1S/C16H18BrNS/c1-12(2)18-11-13-8-9-14(17)10-16(13)19-15-6-4-3-5-7-15/h3-10,12,18H,11H2,1-2H3. The summed E-state index contributed by atoms with van der Waals surface area (Å²) < 4.78 is 1.12. The van der Waals surface area contributed by atoms with Gasteiger partial charge in [-0.05, 0) is 29.8 Å². The van der Waals surface area contributed by atoms with E-state index in [0.717, 1.165) is 11.0 Å². The third-order valence-corrected chi connectivity index (χ3v) is 4.30. The third kappa shape index (κ3) is 4.68. The van der Waals surface area contributed by atoms with Gasteiger partial charge >= 0.3 is 0 Å². The molecule has 0 aliphatic carbocycles. The van der Waals surface area contributed by atoms with E-state index < -0.39 is 0 Å². The molecular formula is C16H18BrNS. The zero-order valence-electron chi connectivity index (χ0n) is 11.2. The van der Waals surface area contributed by atoms with Crippen LogP contribution in [0, 0.1) is 0 Å². The molecule has 0 aliphatic rings. The zero-order valence-corrected chi connectivity index (χ0v) is 13.6. The lowest BCUT2D eigenvalue weighted by Gasteiger charge is -2.13. The summed E-state index contributed by atoms with van der Waals surface area (Å²) in [6, 6.07) is 17.5. The van der Waals surface area contributed by atoms with E-state index in [0.29, 0.717) is 6.04 Å². The topological polar surface area (TPSA) is 12.0 Å². The summed E-state index contributed by atoms with van der Waals surface area (Å²) >= 11 is 5.37. The number of benzene rings is 2. The number of halogens is 1. The van der Waals surface area contributed by atoms with E-state index in [2.05, 4.69) is 77.6 Å². The Morgan fingerprint density at radius 1 is 1.11 bits per heavy atom. The van der Waals surface area contributed by atoms with E-state index in [1.807, 2.05) is 17.8 Å². The molecule has 1 nitrogen and oxygen atoms in total. The summed E-state index contributed by atoms with van der Waals surface area (Å²) in [5.41, 5.74) is 1.34. The van der Waals surface area contributed by atoms with Crippen molar-refractivity contribution in [2.24, 2.45) is 0 Å². The van der Waals surface area contributed by atoms with Gasteiger partial charge in [0, 0.05) is 26.9 Å². The highest BCUT2D eigenvalue weighted by molar-refractivity contribution is 9.10. The molecule has 0 amide bonds. The molecule has 0 atom stereocenters. The molecule has 0 aromatic heterocycles. The van der Waals surface area contributed by atoms with Gasteiger partial charge in [0.05, 0.1) is 0 Å². The van der Waals surface area contributed by atoms with Crippen LogP contribution in [0.15, 0.2) is 62.8 Å². The fourth-order valence-corrected chi connectivity index (χ4v) is 3.22. The van der Waals surface area contributed by atoms with Crippen molar-refractivity contribution in [1.29, 1.82) is 0 Å². The van der Waals surface area contributed by atoms with Gasteiger partial charge in [-0.1, -0.05) is 65.8 Å². The molecule has 3 heteroatoms. The highest BCUT2D eigenvalue weighted by Crippen LogP contribution is 2.32. The van der Waals surface area contributed by atoms with Crippen LogP contribution in [0.3, 0.4) is 0 Å². The molecule has 0 spiro atoms. The van der Waals surface area contributed by atoms with Crippen LogP contribution in [-0.2, 0) is 6.54 Å². The van der Waals surface area contributed by atoms with E-state index in [1.165, 1.54) is 15.4 Å². The summed E-state index contributed by atoms with van der Waals surface area (Å²) in [6.07, 6.45) is 0. The van der Waals surface area contributed by atoms with Crippen LogP contribution in [0.4, 0.5) is 0 Å². The van der Waals surface area contributed by atoms with E-state index in [4.69, 9.17) is 0 Å². The maximum absolute atomic E-state index is 3.56. The molecule has 0 unspecified atom stereocenters. The Bertz CT molecular complexity index is 526. The Labute approximate surface area is 127 Å².